The number of carbonyl (C=O) groups excluding carboxylic acids is 1. The maximum absolute atomic E-state index is 12.1. The van der Waals surface area contributed by atoms with E-state index in [2.05, 4.69) is 10.3 Å². The number of nitrogens with one attached hydrogen (secondary N) is 1. The molecule has 4 aromatic rings. The van der Waals surface area contributed by atoms with Crippen molar-refractivity contribution < 1.29 is 13.9 Å². The number of ether oxygens (including phenoxy) is 1. The number of anilines is 1. The van der Waals surface area contributed by atoms with Crippen LogP contribution in [0.1, 0.15) is 12.5 Å². The lowest BCUT2D eigenvalue weighted by atomic mass is 10.1. The van der Waals surface area contributed by atoms with Gasteiger partial charge in [0.25, 0.3) is 0 Å². The van der Waals surface area contributed by atoms with E-state index in [1.54, 1.807) is 25.4 Å². The number of rotatable bonds is 6. The maximum atomic E-state index is 12.1. The second kappa shape index (κ2) is 8.46. The molecule has 0 aliphatic rings. The zero-order chi connectivity index (χ0) is 21.1. The lowest BCUT2D eigenvalue weighted by molar-refractivity contribution is -0.114. The molecule has 8 heteroatoms. The van der Waals surface area contributed by atoms with Crippen LogP contribution in [-0.4, -0.2) is 22.6 Å². The quantitative estimate of drug-likeness (QED) is 0.370. The number of nitrogens with zero attached hydrogens (tertiary/aromatic N) is 2. The van der Waals surface area contributed by atoms with Crippen LogP contribution < -0.4 is 15.7 Å². The van der Waals surface area contributed by atoms with Crippen LogP contribution in [0, 0.1) is 0 Å². The summed E-state index contributed by atoms with van der Waals surface area (Å²) in [4.78, 5) is 27.8. The normalized spacial score (nSPS) is 10.9. The highest BCUT2D eigenvalue weighted by atomic mass is 32.2. The Bertz CT molecular complexity index is 1260. The fourth-order valence-electron chi connectivity index (χ4n) is 3.11. The van der Waals surface area contributed by atoms with Crippen LogP contribution in [0.3, 0.4) is 0 Å². The summed E-state index contributed by atoms with van der Waals surface area (Å²) in [6.45, 7) is 1.43. The van der Waals surface area contributed by atoms with Crippen molar-refractivity contribution in [1.29, 1.82) is 0 Å². The van der Waals surface area contributed by atoms with Gasteiger partial charge in [-0.25, -0.2) is 9.78 Å². The predicted molar refractivity (Wildman–Crippen MR) is 116 cm³/mol. The van der Waals surface area contributed by atoms with Gasteiger partial charge in [0.1, 0.15) is 11.3 Å². The lowest BCUT2D eigenvalue weighted by Gasteiger charge is -2.10. The summed E-state index contributed by atoms with van der Waals surface area (Å²) in [6.07, 6.45) is 3.63. The van der Waals surface area contributed by atoms with E-state index in [1.807, 2.05) is 41.1 Å². The number of benzene rings is 2. The van der Waals surface area contributed by atoms with E-state index in [-0.39, 0.29) is 5.91 Å². The highest BCUT2D eigenvalue weighted by Crippen LogP contribution is 2.29. The van der Waals surface area contributed by atoms with Crippen molar-refractivity contribution in [2.24, 2.45) is 0 Å². The van der Waals surface area contributed by atoms with Gasteiger partial charge in [-0.2, -0.15) is 0 Å². The lowest BCUT2D eigenvalue weighted by Crippen LogP contribution is -2.06. The van der Waals surface area contributed by atoms with E-state index in [1.165, 1.54) is 24.8 Å². The minimum Gasteiger partial charge on any atom is -0.497 e. The van der Waals surface area contributed by atoms with Crippen molar-refractivity contribution >= 4 is 34.3 Å². The van der Waals surface area contributed by atoms with Gasteiger partial charge in [-0.3, -0.25) is 9.36 Å². The average Bonchev–Trinajstić information content (AvgIpc) is 3.20. The van der Waals surface area contributed by atoms with E-state index < -0.39 is 5.63 Å². The van der Waals surface area contributed by atoms with Crippen molar-refractivity contribution in [3.8, 4) is 11.4 Å². The van der Waals surface area contributed by atoms with Gasteiger partial charge >= 0.3 is 5.63 Å². The molecule has 0 fully saturated rings. The van der Waals surface area contributed by atoms with E-state index in [4.69, 9.17) is 9.15 Å². The summed E-state index contributed by atoms with van der Waals surface area (Å²) in [5, 5.41) is 4.32. The minimum atomic E-state index is -0.434. The molecule has 2 aromatic carbocycles. The van der Waals surface area contributed by atoms with Gasteiger partial charge in [-0.15, -0.1) is 0 Å². The van der Waals surface area contributed by atoms with Crippen molar-refractivity contribution in [2.75, 3.05) is 12.4 Å². The molecule has 30 heavy (non-hydrogen) atoms. The molecular formula is C22H19N3O4S. The molecule has 0 spiro atoms. The van der Waals surface area contributed by atoms with Gasteiger partial charge < -0.3 is 14.5 Å². The Balaban J connectivity index is 1.60. The molecule has 1 amide bonds. The third-order valence-corrected chi connectivity index (χ3v) is 5.48. The van der Waals surface area contributed by atoms with Crippen LogP contribution >= 0.6 is 11.8 Å². The molecule has 0 saturated heterocycles. The highest BCUT2D eigenvalue weighted by Gasteiger charge is 2.11. The monoisotopic (exact) mass is 421 g/mol. The molecular weight excluding hydrogens is 402 g/mol. The zero-order valence-corrected chi connectivity index (χ0v) is 17.2. The second-order valence-corrected chi connectivity index (χ2v) is 7.49. The van der Waals surface area contributed by atoms with E-state index >= 15 is 0 Å². The van der Waals surface area contributed by atoms with Crippen molar-refractivity contribution in [2.45, 2.75) is 17.8 Å². The molecule has 0 unspecified atom stereocenters. The van der Waals surface area contributed by atoms with E-state index in [0.29, 0.717) is 17.0 Å². The topological polar surface area (TPSA) is 86.4 Å². The van der Waals surface area contributed by atoms with Crippen LogP contribution in [0.15, 0.2) is 75.3 Å². The van der Waals surface area contributed by atoms with Crippen LogP contribution in [-0.2, 0) is 10.5 Å². The summed E-state index contributed by atoms with van der Waals surface area (Å²) in [5.74, 6) is 1.14. The molecule has 4 rings (SSSR count). The Morgan fingerprint density at radius 3 is 2.73 bits per heavy atom. The van der Waals surface area contributed by atoms with E-state index in [9.17, 15) is 9.59 Å². The Hall–Kier alpha value is -3.52. The average molecular weight is 421 g/mol. The van der Waals surface area contributed by atoms with Crippen molar-refractivity contribution in [3.63, 3.8) is 0 Å². The van der Waals surface area contributed by atoms with Crippen molar-refractivity contribution in [3.05, 3.63) is 76.9 Å². The number of fused-ring (bicyclic) bond motifs is 1. The zero-order valence-electron chi connectivity index (χ0n) is 16.4. The molecule has 1 N–H and O–H groups in total. The van der Waals surface area contributed by atoms with Gasteiger partial charge in [0.05, 0.1) is 7.11 Å². The standard InChI is InChI=1S/C22H19N3O4S/c1-14(26)24-16-3-8-19-15(11-21(27)29-20(19)12-16)13-30-22-23-9-10-25(22)17-4-6-18(28-2)7-5-17/h3-12H,13H2,1-2H3,(H,24,26). The Morgan fingerprint density at radius 2 is 2.00 bits per heavy atom. The largest absolute Gasteiger partial charge is 0.497 e. The first kappa shape index (κ1) is 19.8. The molecule has 0 aliphatic carbocycles. The number of imidazole rings is 1. The minimum absolute atomic E-state index is 0.186. The van der Waals surface area contributed by atoms with Crippen LogP contribution in [0.5, 0.6) is 5.75 Å². The van der Waals surface area contributed by atoms with Gasteiger partial charge in [-0.05, 0) is 42.0 Å². The molecule has 0 atom stereocenters. The van der Waals surface area contributed by atoms with Crippen LogP contribution in [0.2, 0.25) is 0 Å². The first-order valence-corrected chi connectivity index (χ1v) is 10.2. The van der Waals surface area contributed by atoms with Gasteiger partial charge in [0, 0.05) is 54.0 Å². The number of hydrogen-bond donors (Lipinski definition) is 1. The Labute approximate surface area is 176 Å². The second-order valence-electron chi connectivity index (χ2n) is 6.55. The third kappa shape index (κ3) is 4.23. The fourth-order valence-corrected chi connectivity index (χ4v) is 4.07. The Morgan fingerprint density at radius 1 is 1.20 bits per heavy atom. The van der Waals surface area contributed by atoms with Gasteiger partial charge in [0.15, 0.2) is 5.16 Å². The smallest absolute Gasteiger partial charge is 0.336 e. The van der Waals surface area contributed by atoms with Crippen LogP contribution in [0.25, 0.3) is 16.7 Å². The summed E-state index contributed by atoms with van der Waals surface area (Å²) >= 11 is 1.52. The molecule has 7 nitrogen and oxygen atoms in total. The third-order valence-electron chi connectivity index (χ3n) is 4.46. The first-order chi connectivity index (χ1) is 14.5. The number of thioether (sulfide) groups is 1. The first-order valence-electron chi connectivity index (χ1n) is 9.18. The summed E-state index contributed by atoms with van der Waals surface area (Å²) in [6, 6.07) is 14.5. The number of methoxy groups -OCH3 is 1. The molecule has 2 aromatic heterocycles. The molecule has 0 radical (unpaired) electrons. The van der Waals surface area contributed by atoms with Gasteiger partial charge in [0.2, 0.25) is 5.91 Å². The fraction of sp³-hybridized carbons (Fsp3) is 0.136. The molecule has 0 aliphatic heterocycles. The molecule has 0 bridgehead atoms. The summed E-state index contributed by atoms with van der Waals surface area (Å²) < 4.78 is 12.5. The number of carbonyl (C=O) groups is 1. The molecule has 152 valence electrons. The summed E-state index contributed by atoms with van der Waals surface area (Å²) in [7, 11) is 1.63. The van der Waals surface area contributed by atoms with Gasteiger partial charge in [-0.1, -0.05) is 11.8 Å². The predicted octanol–water partition coefficient (Wildman–Crippen LogP) is 4.24. The maximum Gasteiger partial charge on any atom is 0.336 e. The SMILES string of the molecule is COc1ccc(-n2ccnc2SCc2cc(=O)oc3cc(NC(C)=O)ccc23)cc1. The summed E-state index contributed by atoms with van der Waals surface area (Å²) in [5.41, 5.74) is 2.38. The van der Waals surface area contributed by atoms with Crippen LogP contribution in [0.4, 0.5) is 5.69 Å². The Kier molecular flexibility index (Phi) is 5.58. The highest BCUT2D eigenvalue weighted by molar-refractivity contribution is 7.98. The number of hydrogen-bond acceptors (Lipinski definition) is 6. The number of aromatic nitrogens is 2. The van der Waals surface area contributed by atoms with Crippen molar-refractivity contribution in [1.82, 2.24) is 9.55 Å². The molecule has 2 heterocycles. The van der Waals surface area contributed by atoms with E-state index in [0.717, 1.165) is 27.5 Å². The number of amides is 1. The molecule has 0 saturated carbocycles.